The Morgan fingerprint density at radius 1 is 1.23 bits per heavy atom. The molecule has 5 rings (SSSR count). The van der Waals surface area contributed by atoms with Crippen molar-refractivity contribution in [2.24, 2.45) is 0 Å². The third-order valence-electron chi connectivity index (χ3n) is 6.63. The number of anilines is 2. The molecule has 3 aromatic rings. The van der Waals surface area contributed by atoms with Gasteiger partial charge in [-0.15, -0.1) is 13.2 Å². The summed E-state index contributed by atoms with van der Waals surface area (Å²) in [5.74, 6) is -0.880. The zero-order valence-corrected chi connectivity index (χ0v) is 20.2. The normalized spacial score (nSPS) is 22.7. The van der Waals surface area contributed by atoms with Crippen molar-refractivity contribution < 1.29 is 45.0 Å². The van der Waals surface area contributed by atoms with E-state index < -0.39 is 60.3 Å². The highest BCUT2D eigenvalue weighted by molar-refractivity contribution is 5.69. The lowest BCUT2D eigenvalue weighted by atomic mass is 10.0. The monoisotopic (exact) mass is 565 g/mol. The number of carbonyl (C=O) groups is 1. The molecule has 0 radical (unpaired) electrons. The first-order valence-electron chi connectivity index (χ1n) is 11.8. The van der Waals surface area contributed by atoms with Gasteiger partial charge in [0.2, 0.25) is 5.95 Å². The maximum atomic E-state index is 15.1. The van der Waals surface area contributed by atoms with E-state index in [4.69, 9.17) is 4.74 Å². The number of aromatic nitrogens is 5. The number of aromatic amines is 1. The van der Waals surface area contributed by atoms with E-state index in [0.717, 1.165) is 23.4 Å². The molecule has 0 aromatic carbocycles. The third kappa shape index (κ3) is 6.02. The predicted octanol–water partition coefficient (Wildman–Crippen LogP) is 5.11. The molecule has 1 amide bonds. The number of H-pyrrole nitrogens is 1. The zero-order valence-electron chi connectivity index (χ0n) is 20.2. The summed E-state index contributed by atoms with van der Waals surface area (Å²) in [6.45, 7) is 0.743. The van der Waals surface area contributed by atoms with Crippen LogP contribution < -0.4 is 10.6 Å². The molecule has 2 saturated carbocycles. The van der Waals surface area contributed by atoms with Crippen molar-refractivity contribution in [1.29, 1.82) is 0 Å². The van der Waals surface area contributed by atoms with Crippen LogP contribution in [0.1, 0.15) is 55.5 Å². The lowest BCUT2D eigenvalue weighted by molar-refractivity contribution is -0.330. The Bertz CT molecular complexity index is 1370. The molecular formula is C22H22F7N7O3. The minimum atomic E-state index is -5.01. The van der Waals surface area contributed by atoms with E-state index in [9.17, 15) is 31.1 Å². The second kappa shape index (κ2) is 9.53. The number of nitrogens with one attached hydrogen (secondary N) is 3. The molecule has 3 unspecified atom stereocenters. The SMILES string of the molecule is CC1(NC(=O)OC2CCC(c3cc(Nc4ncc(C(F)(F)F)c5nc(COC(F)(F)F)cn45)n[nH]3)C2F)CC1. The van der Waals surface area contributed by atoms with Crippen molar-refractivity contribution in [3.05, 3.63) is 35.4 Å². The topological polar surface area (TPSA) is 118 Å². The van der Waals surface area contributed by atoms with E-state index in [-0.39, 0.29) is 23.7 Å². The molecule has 3 N–H and O–H groups in total. The number of nitrogens with zero attached hydrogens (tertiary/aromatic N) is 4. The summed E-state index contributed by atoms with van der Waals surface area (Å²) in [7, 11) is 0. The van der Waals surface area contributed by atoms with E-state index in [2.05, 4.69) is 35.5 Å². The van der Waals surface area contributed by atoms with Gasteiger partial charge in [-0.3, -0.25) is 14.2 Å². The van der Waals surface area contributed by atoms with Gasteiger partial charge in [-0.1, -0.05) is 0 Å². The molecule has 10 nitrogen and oxygen atoms in total. The van der Waals surface area contributed by atoms with Gasteiger partial charge in [0.05, 0.1) is 12.3 Å². The Morgan fingerprint density at radius 3 is 2.64 bits per heavy atom. The second-order valence-corrected chi connectivity index (χ2v) is 9.74. The van der Waals surface area contributed by atoms with Crippen molar-refractivity contribution in [2.45, 2.75) is 75.5 Å². The van der Waals surface area contributed by atoms with Crippen molar-refractivity contribution >= 4 is 23.5 Å². The largest absolute Gasteiger partial charge is 0.522 e. The van der Waals surface area contributed by atoms with Crippen LogP contribution in [0.4, 0.5) is 47.3 Å². The number of alkyl halides is 7. The first kappa shape index (κ1) is 27.0. The van der Waals surface area contributed by atoms with E-state index in [1.165, 1.54) is 6.07 Å². The standard InChI is InChI=1S/C22H22F7N7O3/c1-20(4-5-20)33-19(37)39-14-3-2-11(16(14)23)13-6-15(35-34-13)32-18-30-7-12(21(24,25)26)17-31-10(8-36(17)18)9-38-22(27,28)29/h6-8,11,14,16H,2-5,9H2,1H3,(H,33,37)(H2,30,32,34,35). The molecule has 3 aromatic heterocycles. The fourth-order valence-corrected chi connectivity index (χ4v) is 4.35. The number of amides is 1. The van der Waals surface area contributed by atoms with Crippen molar-refractivity contribution in [3.63, 3.8) is 0 Å². The van der Waals surface area contributed by atoms with Gasteiger partial charge in [0.25, 0.3) is 0 Å². The summed E-state index contributed by atoms with van der Waals surface area (Å²) < 4.78 is 102. The fourth-order valence-electron chi connectivity index (χ4n) is 4.35. The molecule has 3 atom stereocenters. The zero-order chi connectivity index (χ0) is 28.2. The second-order valence-electron chi connectivity index (χ2n) is 9.74. The number of fused-ring (bicyclic) bond motifs is 1. The third-order valence-corrected chi connectivity index (χ3v) is 6.63. The molecule has 17 heteroatoms. The smallest absolute Gasteiger partial charge is 0.443 e. The highest BCUT2D eigenvalue weighted by Crippen LogP contribution is 2.40. The van der Waals surface area contributed by atoms with Gasteiger partial charge in [0, 0.05) is 35.6 Å². The Hall–Kier alpha value is -3.63. The van der Waals surface area contributed by atoms with Gasteiger partial charge in [0.15, 0.2) is 11.5 Å². The number of alkyl carbamates (subject to hydrolysis) is 1. The predicted molar refractivity (Wildman–Crippen MR) is 119 cm³/mol. The number of hydrogen-bond acceptors (Lipinski definition) is 7. The maximum Gasteiger partial charge on any atom is 0.522 e. The summed E-state index contributed by atoms with van der Waals surface area (Å²) >= 11 is 0. The minimum Gasteiger partial charge on any atom is -0.443 e. The van der Waals surface area contributed by atoms with Crippen LogP contribution in [0, 0.1) is 0 Å². The van der Waals surface area contributed by atoms with Gasteiger partial charge in [-0.25, -0.2) is 19.2 Å². The lowest BCUT2D eigenvalue weighted by Crippen LogP contribution is -2.38. The minimum absolute atomic E-state index is 0.0521. The number of rotatable bonds is 7. The lowest BCUT2D eigenvalue weighted by Gasteiger charge is -2.19. The van der Waals surface area contributed by atoms with Crippen molar-refractivity contribution in [1.82, 2.24) is 29.9 Å². The van der Waals surface area contributed by atoms with Crippen LogP contribution in [0.25, 0.3) is 5.65 Å². The number of hydrogen-bond donors (Lipinski definition) is 3. The fraction of sp³-hybridized carbons (Fsp3) is 0.545. The van der Waals surface area contributed by atoms with Crippen molar-refractivity contribution in [3.8, 4) is 0 Å². The molecule has 0 saturated heterocycles. The number of imidazole rings is 1. The Morgan fingerprint density at radius 2 is 1.97 bits per heavy atom. The van der Waals surface area contributed by atoms with Crippen LogP contribution in [0.5, 0.6) is 0 Å². The molecule has 3 heterocycles. The average Bonchev–Trinajstić information content (AvgIpc) is 3.19. The number of carbonyl (C=O) groups excluding carboxylic acids is 1. The molecule has 0 aliphatic heterocycles. The van der Waals surface area contributed by atoms with E-state index >= 15 is 4.39 Å². The van der Waals surface area contributed by atoms with Gasteiger partial charge >= 0.3 is 18.6 Å². The van der Waals surface area contributed by atoms with Crippen molar-refractivity contribution in [2.75, 3.05) is 5.32 Å². The Kier molecular flexibility index (Phi) is 6.59. The van der Waals surface area contributed by atoms with Gasteiger partial charge < -0.3 is 15.4 Å². The summed E-state index contributed by atoms with van der Waals surface area (Å²) in [4.78, 5) is 19.4. The van der Waals surface area contributed by atoms with Crippen LogP contribution in [-0.4, -0.2) is 54.8 Å². The van der Waals surface area contributed by atoms with Crippen LogP contribution in [0.15, 0.2) is 18.5 Å². The average molecular weight is 565 g/mol. The molecule has 2 aliphatic carbocycles. The van der Waals surface area contributed by atoms with Crippen LogP contribution in [0.2, 0.25) is 0 Å². The molecule has 39 heavy (non-hydrogen) atoms. The number of halogens is 7. The quantitative estimate of drug-likeness (QED) is 0.341. The van der Waals surface area contributed by atoms with Gasteiger partial charge in [-0.05, 0) is 32.6 Å². The summed E-state index contributed by atoms with van der Waals surface area (Å²) in [5, 5.41) is 12.0. The van der Waals surface area contributed by atoms with Crippen LogP contribution in [0.3, 0.4) is 0 Å². The molecule has 0 spiro atoms. The summed E-state index contributed by atoms with van der Waals surface area (Å²) in [6.07, 6.45) is -9.42. The molecule has 212 valence electrons. The van der Waals surface area contributed by atoms with Gasteiger partial charge in [-0.2, -0.15) is 18.3 Å². The molecular weight excluding hydrogens is 543 g/mol. The maximum absolute atomic E-state index is 15.1. The molecule has 2 fully saturated rings. The first-order valence-corrected chi connectivity index (χ1v) is 11.8. The summed E-state index contributed by atoms with van der Waals surface area (Å²) in [5.41, 5.74) is -2.36. The van der Waals surface area contributed by atoms with Crippen LogP contribution >= 0.6 is 0 Å². The Balaban J connectivity index is 1.31. The number of ether oxygens (including phenoxy) is 2. The summed E-state index contributed by atoms with van der Waals surface area (Å²) in [6, 6.07) is 1.42. The molecule has 0 bridgehead atoms. The van der Waals surface area contributed by atoms with Gasteiger partial charge in [0.1, 0.15) is 17.8 Å². The molecule has 2 aliphatic rings. The highest BCUT2D eigenvalue weighted by atomic mass is 19.4. The Labute approximate surface area is 215 Å². The first-order chi connectivity index (χ1) is 18.2. The van der Waals surface area contributed by atoms with E-state index in [1.807, 2.05) is 6.92 Å². The highest BCUT2D eigenvalue weighted by Gasteiger charge is 2.43. The van der Waals surface area contributed by atoms with E-state index in [0.29, 0.717) is 18.3 Å². The van der Waals surface area contributed by atoms with E-state index in [1.54, 1.807) is 0 Å². The van der Waals surface area contributed by atoms with Crippen LogP contribution in [-0.2, 0) is 22.3 Å².